The molecule has 21 heavy (non-hydrogen) atoms. The lowest BCUT2D eigenvalue weighted by molar-refractivity contribution is 0.168. The molecule has 3 nitrogen and oxygen atoms in total. The van der Waals surface area contributed by atoms with E-state index < -0.39 is 6.10 Å². The fraction of sp³-hybridized carbons (Fsp3) is 0.235. The van der Waals surface area contributed by atoms with Crippen LogP contribution in [0.1, 0.15) is 12.5 Å². The van der Waals surface area contributed by atoms with Crippen LogP contribution in [0.15, 0.2) is 48.0 Å². The molecule has 0 unspecified atom stereocenters. The average molecular weight is 298 g/mol. The summed E-state index contributed by atoms with van der Waals surface area (Å²) in [7, 11) is 0. The van der Waals surface area contributed by atoms with E-state index in [1.54, 1.807) is 22.9 Å². The summed E-state index contributed by atoms with van der Waals surface area (Å²) in [6, 6.07) is 12.6. The summed E-state index contributed by atoms with van der Waals surface area (Å²) in [4.78, 5) is 1.31. The summed E-state index contributed by atoms with van der Waals surface area (Å²) < 4.78 is 1.78. The van der Waals surface area contributed by atoms with Gasteiger partial charge in [0.15, 0.2) is 0 Å². The molecular weight excluding hydrogens is 280 g/mol. The monoisotopic (exact) mass is 298 g/mol. The van der Waals surface area contributed by atoms with Crippen LogP contribution in [0.2, 0.25) is 0 Å². The number of nitrogens with zero attached hydrogens (tertiary/aromatic N) is 2. The Morgan fingerprint density at radius 2 is 2.05 bits per heavy atom. The van der Waals surface area contributed by atoms with Crippen molar-refractivity contribution in [2.45, 2.75) is 26.5 Å². The minimum atomic E-state index is -0.391. The summed E-state index contributed by atoms with van der Waals surface area (Å²) in [5.74, 6) is 0. The Labute approximate surface area is 128 Å². The van der Waals surface area contributed by atoms with E-state index >= 15 is 0 Å². The third kappa shape index (κ3) is 3.06. The number of thiophene rings is 1. The number of rotatable bonds is 4. The second-order valence-electron chi connectivity index (χ2n) is 5.29. The lowest BCUT2D eigenvalue weighted by Crippen LogP contribution is -2.11. The topological polar surface area (TPSA) is 38.0 Å². The Hall–Kier alpha value is -1.91. The van der Waals surface area contributed by atoms with Crippen LogP contribution in [0, 0.1) is 6.92 Å². The Bertz CT molecular complexity index is 743. The molecule has 0 amide bonds. The average Bonchev–Trinajstić information content (AvgIpc) is 3.07. The number of aliphatic hydroxyl groups excluding tert-OH is 1. The van der Waals surface area contributed by atoms with Gasteiger partial charge in [0.05, 0.1) is 18.3 Å². The molecule has 0 aliphatic heterocycles. The molecule has 0 spiro atoms. The van der Waals surface area contributed by atoms with Crippen LogP contribution >= 0.6 is 11.3 Å². The van der Waals surface area contributed by atoms with Gasteiger partial charge in [-0.2, -0.15) is 5.10 Å². The molecule has 1 aromatic carbocycles. The molecule has 3 rings (SSSR count). The molecule has 3 aromatic rings. The van der Waals surface area contributed by atoms with Crippen molar-refractivity contribution in [2.24, 2.45) is 0 Å². The standard InChI is InChI=1S/C17H18N2OS/c1-12-7-9-21-17(12)15-5-3-4-14(10-15)16-6-8-19(18-16)11-13(2)20/h3-10,13,20H,11H2,1-2H3/t13-/m1/s1. The second kappa shape index (κ2) is 5.84. The molecule has 0 aliphatic rings. The van der Waals surface area contributed by atoms with Crippen LogP contribution in [-0.2, 0) is 6.54 Å². The third-order valence-corrected chi connectivity index (χ3v) is 4.44. The van der Waals surface area contributed by atoms with Crippen molar-refractivity contribution in [3.8, 4) is 21.7 Å². The van der Waals surface area contributed by atoms with Gasteiger partial charge in [0.25, 0.3) is 0 Å². The summed E-state index contributed by atoms with van der Waals surface area (Å²) >= 11 is 1.76. The van der Waals surface area contributed by atoms with Crippen LogP contribution in [-0.4, -0.2) is 21.0 Å². The first-order valence-corrected chi connectivity index (χ1v) is 7.88. The number of hydrogen-bond acceptors (Lipinski definition) is 3. The molecule has 0 saturated heterocycles. The molecule has 0 bridgehead atoms. The zero-order valence-corrected chi connectivity index (χ0v) is 13.0. The maximum Gasteiger partial charge on any atom is 0.0923 e. The van der Waals surface area contributed by atoms with Gasteiger partial charge in [-0.1, -0.05) is 18.2 Å². The predicted octanol–water partition coefficient (Wildman–Crippen LogP) is 3.97. The summed E-state index contributed by atoms with van der Waals surface area (Å²) in [5.41, 5.74) is 4.57. The van der Waals surface area contributed by atoms with Gasteiger partial charge in [-0.3, -0.25) is 4.68 Å². The highest BCUT2D eigenvalue weighted by Gasteiger charge is 2.08. The van der Waals surface area contributed by atoms with Crippen LogP contribution < -0.4 is 0 Å². The number of aromatic nitrogens is 2. The van der Waals surface area contributed by atoms with Crippen molar-refractivity contribution in [3.05, 3.63) is 53.5 Å². The molecule has 0 fully saturated rings. The fourth-order valence-corrected chi connectivity index (χ4v) is 3.30. The van der Waals surface area contributed by atoms with E-state index in [4.69, 9.17) is 0 Å². The first kappa shape index (κ1) is 14.0. The van der Waals surface area contributed by atoms with Gasteiger partial charge in [-0.25, -0.2) is 0 Å². The van der Waals surface area contributed by atoms with Gasteiger partial charge in [-0.05, 0) is 48.6 Å². The van der Waals surface area contributed by atoms with Crippen molar-refractivity contribution in [1.29, 1.82) is 0 Å². The maximum atomic E-state index is 9.43. The Kier molecular flexibility index (Phi) is 3.90. The highest BCUT2D eigenvalue weighted by atomic mass is 32.1. The van der Waals surface area contributed by atoms with Crippen LogP contribution in [0.4, 0.5) is 0 Å². The number of aliphatic hydroxyl groups is 1. The van der Waals surface area contributed by atoms with E-state index in [0.717, 1.165) is 11.3 Å². The fourth-order valence-electron chi connectivity index (χ4n) is 2.38. The van der Waals surface area contributed by atoms with E-state index in [1.165, 1.54) is 16.0 Å². The zero-order chi connectivity index (χ0) is 14.8. The first-order chi connectivity index (χ1) is 10.1. The lowest BCUT2D eigenvalue weighted by atomic mass is 10.1. The van der Waals surface area contributed by atoms with E-state index in [0.29, 0.717) is 6.54 Å². The van der Waals surface area contributed by atoms with Gasteiger partial charge in [0.1, 0.15) is 0 Å². The Morgan fingerprint density at radius 1 is 1.24 bits per heavy atom. The molecule has 0 radical (unpaired) electrons. The Morgan fingerprint density at radius 3 is 2.76 bits per heavy atom. The van der Waals surface area contributed by atoms with Crippen molar-refractivity contribution in [1.82, 2.24) is 9.78 Å². The smallest absolute Gasteiger partial charge is 0.0923 e. The van der Waals surface area contributed by atoms with E-state index in [2.05, 4.69) is 47.7 Å². The summed E-state index contributed by atoms with van der Waals surface area (Å²) in [5, 5.41) is 16.1. The molecule has 0 aliphatic carbocycles. The third-order valence-electron chi connectivity index (χ3n) is 3.37. The molecule has 0 saturated carbocycles. The van der Waals surface area contributed by atoms with Gasteiger partial charge in [0.2, 0.25) is 0 Å². The molecular formula is C17H18N2OS. The van der Waals surface area contributed by atoms with Gasteiger partial charge in [0, 0.05) is 16.6 Å². The molecule has 4 heteroatoms. The van der Waals surface area contributed by atoms with Crippen molar-refractivity contribution in [3.63, 3.8) is 0 Å². The molecule has 1 N–H and O–H groups in total. The number of benzene rings is 1. The van der Waals surface area contributed by atoms with Crippen LogP contribution in [0.25, 0.3) is 21.7 Å². The minimum absolute atomic E-state index is 0.391. The first-order valence-electron chi connectivity index (χ1n) is 7.00. The summed E-state index contributed by atoms with van der Waals surface area (Å²) in [6.07, 6.45) is 1.52. The lowest BCUT2D eigenvalue weighted by Gasteiger charge is -2.05. The van der Waals surface area contributed by atoms with Crippen molar-refractivity contribution < 1.29 is 5.11 Å². The number of aryl methyl sites for hydroxylation is 1. The van der Waals surface area contributed by atoms with Gasteiger partial charge >= 0.3 is 0 Å². The SMILES string of the molecule is Cc1ccsc1-c1cccc(-c2ccn(C[C@@H](C)O)n2)c1. The van der Waals surface area contributed by atoms with Crippen LogP contribution in [0.5, 0.6) is 0 Å². The highest BCUT2D eigenvalue weighted by molar-refractivity contribution is 7.13. The van der Waals surface area contributed by atoms with Gasteiger partial charge < -0.3 is 5.11 Å². The minimum Gasteiger partial charge on any atom is -0.391 e. The van der Waals surface area contributed by atoms with Crippen LogP contribution in [0.3, 0.4) is 0 Å². The maximum absolute atomic E-state index is 9.43. The highest BCUT2D eigenvalue weighted by Crippen LogP contribution is 2.31. The van der Waals surface area contributed by atoms with E-state index in [-0.39, 0.29) is 0 Å². The summed E-state index contributed by atoms with van der Waals surface area (Å²) in [6.45, 7) is 4.42. The second-order valence-corrected chi connectivity index (χ2v) is 6.20. The van der Waals surface area contributed by atoms with E-state index in [1.807, 2.05) is 12.3 Å². The Balaban J connectivity index is 1.93. The molecule has 108 valence electrons. The molecule has 2 aromatic heterocycles. The predicted molar refractivity (Wildman–Crippen MR) is 87.4 cm³/mol. The largest absolute Gasteiger partial charge is 0.391 e. The van der Waals surface area contributed by atoms with Crippen molar-refractivity contribution >= 4 is 11.3 Å². The zero-order valence-electron chi connectivity index (χ0n) is 12.2. The molecule has 2 heterocycles. The van der Waals surface area contributed by atoms with Gasteiger partial charge in [-0.15, -0.1) is 11.3 Å². The quantitative estimate of drug-likeness (QED) is 0.791. The normalized spacial score (nSPS) is 12.5. The molecule has 1 atom stereocenters. The van der Waals surface area contributed by atoms with Crippen molar-refractivity contribution in [2.75, 3.05) is 0 Å². The van der Waals surface area contributed by atoms with E-state index in [9.17, 15) is 5.11 Å². The number of hydrogen-bond donors (Lipinski definition) is 1.